The lowest BCUT2D eigenvalue weighted by Gasteiger charge is -2.35. The SMILES string of the molecule is CN(CCN1CCN(Cc2cnc(N)s2)CC1)Cc1ccccc1. The van der Waals surface area contributed by atoms with Gasteiger partial charge in [-0.2, -0.15) is 0 Å². The average Bonchev–Trinajstić information content (AvgIpc) is 3.00. The highest BCUT2D eigenvalue weighted by molar-refractivity contribution is 7.15. The summed E-state index contributed by atoms with van der Waals surface area (Å²) in [5, 5.41) is 0.671. The van der Waals surface area contributed by atoms with E-state index in [1.54, 1.807) is 11.3 Å². The Kier molecular flexibility index (Phi) is 6.20. The number of nitrogen functional groups attached to an aromatic ring is 1. The molecular formula is C18H27N5S. The fourth-order valence-corrected chi connectivity index (χ4v) is 3.80. The molecule has 2 aromatic rings. The molecule has 0 spiro atoms. The molecule has 6 heteroatoms. The Bertz CT molecular complexity index is 607. The Morgan fingerprint density at radius 1 is 1.12 bits per heavy atom. The van der Waals surface area contributed by atoms with E-state index in [0.29, 0.717) is 5.13 Å². The summed E-state index contributed by atoms with van der Waals surface area (Å²) < 4.78 is 0. The largest absolute Gasteiger partial charge is 0.375 e. The van der Waals surface area contributed by atoms with E-state index in [1.807, 2.05) is 6.20 Å². The predicted molar refractivity (Wildman–Crippen MR) is 101 cm³/mol. The van der Waals surface area contributed by atoms with Crippen molar-refractivity contribution in [2.45, 2.75) is 13.1 Å². The van der Waals surface area contributed by atoms with Gasteiger partial charge in [-0.15, -0.1) is 11.3 Å². The van der Waals surface area contributed by atoms with Crippen LogP contribution in [0.3, 0.4) is 0 Å². The number of anilines is 1. The van der Waals surface area contributed by atoms with Crippen LogP contribution in [-0.2, 0) is 13.1 Å². The smallest absolute Gasteiger partial charge is 0.180 e. The third kappa shape index (κ3) is 5.27. The number of hydrogen-bond acceptors (Lipinski definition) is 6. The van der Waals surface area contributed by atoms with Crippen molar-refractivity contribution in [3.05, 3.63) is 47.0 Å². The predicted octanol–water partition coefficient (Wildman–Crippen LogP) is 1.97. The molecule has 2 heterocycles. The van der Waals surface area contributed by atoms with Gasteiger partial charge in [0.2, 0.25) is 0 Å². The van der Waals surface area contributed by atoms with E-state index in [4.69, 9.17) is 5.73 Å². The number of likely N-dealkylation sites (N-methyl/N-ethyl adjacent to an activating group) is 1. The van der Waals surface area contributed by atoms with Gasteiger partial charge in [0.25, 0.3) is 0 Å². The van der Waals surface area contributed by atoms with E-state index in [0.717, 1.165) is 52.4 Å². The van der Waals surface area contributed by atoms with Crippen LogP contribution in [0.5, 0.6) is 0 Å². The van der Waals surface area contributed by atoms with Crippen LogP contribution in [0.1, 0.15) is 10.4 Å². The minimum atomic E-state index is 0.671. The standard InChI is InChI=1S/C18H27N5S/c1-21(14-16-5-3-2-4-6-16)7-8-22-9-11-23(12-10-22)15-17-13-20-18(19)24-17/h2-6,13H,7-12,14-15H2,1H3,(H2,19,20). The molecule has 1 saturated heterocycles. The Balaban J connectivity index is 1.35. The van der Waals surface area contributed by atoms with Gasteiger partial charge in [0, 0.05) is 63.4 Å². The summed E-state index contributed by atoms with van der Waals surface area (Å²) >= 11 is 1.60. The molecule has 0 saturated carbocycles. The highest BCUT2D eigenvalue weighted by Gasteiger charge is 2.17. The van der Waals surface area contributed by atoms with Crippen LogP contribution in [0.4, 0.5) is 5.13 Å². The number of nitrogens with two attached hydrogens (primary N) is 1. The van der Waals surface area contributed by atoms with Gasteiger partial charge >= 0.3 is 0 Å². The Morgan fingerprint density at radius 3 is 2.50 bits per heavy atom. The molecule has 1 aromatic heterocycles. The fraction of sp³-hybridized carbons (Fsp3) is 0.500. The van der Waals surface area contributed by atoms with Gasteiger partial charge in [-0.05, 0) is 12.6 Å². The lowest BCUT2D eigenvalue weighted by atomic mass is 10.2. The topological polar surface area (TPSA) is 48.6 Å². The number of benzene rings is 1. The zero-order chi connectivity index (χ0) is 16.8. The number of aromatic nitrogens is 1. The van der Waals surface area contributed by atoms with E-state index < -0.39 is 0 Å². The summed E-state index contributed by atoms with van der Waals surface area (Å²) in [4.78, 5) is 12.9. The second-order valence-electron chi connectivity index (χ2n) is 6.51. The molecule has 0 radical (unpaired) electrons. The Morgan fingerprint density at radius 2 is 1.83 bits per heavy atom. The van der Waals surface area contributed by atoms with E-state index in [1.165, 1.54) is 10.4 Å². The van der Waals surface area contributed by atoms with E-state index >= 15 is 0 Å². The number of rotatable bonds is 7. The van der Waals surface area contributed by atoms with Crippen molar-refractivity contribution in [1.82, 2.24) is 19.7 Å². The summed E-state index contributed by atoms with van der Waals surface area (Å²) in [7, 11) is 2.21. The quantitative estimate of drug-likeness (QED) is 0.831. The third-order valence-corrected chi connectivity index (χ3v) is 5.32. The first kappa shape index (κ1) is 17.4. The van der Waals surface area contributed by atoms with Crippen LogP contribution in [0.2, 0.25) is 0 Å². The molecule has 1 aliphatic heterocycles. The van der Waals surface area contributed by atoms with Crippen molar-refractivity contribution in [3.8, 4) is 0 Å². The molecule has 0 aliphatic carbocycles. The maximum absolute atomic E-state index is 5.70. The molecule has 1 aliphatic rings. The first-order valence-electron chi connectivity index (χ1n) is 8.56. The Labute approximate surface area is 148 Å². The van der Waals surface area contributed by atoms with Crippen molar-refractivity contribution < 1.29 is 0 Å². The zero-order valence-corrected chi connectivity index (χ0v) is 15.2. The van der Waals surface area contributed by atoms with Crippen LogP contribution < -0.4 is 5.73 Å². The second kappa shape index (κ2) is 8.58. The summed E-state index contributed by atoms with van der Waals surface area (Å²) in [5.74, 6) is 0. The maximum atomic E-state index is 5.70. The molecule has 3 rings (SSSR count). The van der Waals surface area contributed by atoms with Gasteiger partial charge in [0.05, 0.1) is 0 Å². The summed E-state index contributed by atoms with van der Waals surface area (Å²) in [5.41, 5.74) is 7.09. The average molecular weight is 346 g/mol. The molecule has 24 heavy (non-hydrogen) atoms. The highest BCUT2D eigenvalue weighted by Crippen LogP contribution is 2.17. The number of hydrogen-bond donors (Lipinski definition) is 1. The van der Waals surface area contributed by atoms with Gasteiger partial charge in [-0.1, -0.05) is 30.3 Å². The van der Waals surface area contributed by atoms with E-state index in [-0.39, 0.29) is 0 Å². The number of piperazine rings is 1. The first-order chi connectivity index (χ1) is 11.7. The first-order valence-corrected chi connectivity index (χ1v) is 9.38. The van der Waals surface area contributed by atoms with E-state index in [9.17, 15) is 0 Å². The van der Waals surface area contributed by atoms with Gasteiger partial charge in [0.1, 0.15) is 0 Å². The summed E-state index contributed by atoms with van der Waals surface area (Å²) in [6, 6.07) is 10.7. The molecule has 2 N–H and O–H groups in total. The van der Waals surface area contributed by atoms with Crippen LogP contribution >= 0.6 is 11.3 Å². The number of thiazole rings is 1. The van der Waals surface area contributed by atoms with Crippen LogP contribution in [-0.4, -0.2) is 66.0 Å². The van der Waals surface area contributed by atoms with Gasteiger partial charge < -0.3 is 10.6 Å². The molecule has 0 bridgehead atoms. The lowest BCUT2D eigenvalue weighted by molar-refractivity contribution is 0.117. The third-order valence-electron chi connectivity index (χ3n) is 4.51. The van der Waals surface area contributed by atoms with Crippen LogP contribution in [0.15, 0.2) is 36.5 Å². The van der Waals surface area contributed by atoms with Gasteiger partial charge in [-0.3, -0.25) is 9.80 Å². The van der Waals surface area contributed by atoms with Crippen LogP contribution in [0.25, 0.3) is 0 Å². The van der Waals surface area contributed by atoms with Crippen molar-refractivity contribution in [1.29, 1.82) is 0 Å². The molecule has 130 valence electrons. The minimum Gasteiger partial charge on any atom is -0.375 e. The molecule has 0 amide bonds. The second-order valence-corrected chi connectivity index (χ2v) is 7.65. The van der Waals surface area contributed by atoms with Crippen molar-refractivity contribution >= 4 is 16.5 Å². The normalized spacial score (nSPS) is 16.8. The summed E-state index contributed by atoms with van der Waals surface area (Å²) in [6.45, 7) is 8.80. The monoisotopic (exact) mass is 345 g/mol. The van der Waals surface area contributed by atoms with Gasteiger partial charge in [-0.25, -0.2) is 4.98 Å². The zero-order valence-electron chi connectivity index (χ0n) is 14.4. The van der Waals surface area contributed by atoms with Crippen molar-refractivity contribution in [3.63, 3.8) is 0 Å². The summed E-state index contributed by atoms with van der Waals surface area (Å²) in [6.07, 6.45) is 1.91. The van der Waals surface area contributed by atoms with Crippen molar-refractivity contribution in [2.75, 3.05) is 52.0 Å². The van der Waals surface area contributed by atoms with Gasteiger partial charge in [0.15, 0.2) is 5.13 Å². The lowest BCUT2D eigenvalue weighted by Crippen LogP contribution is -2.47. The molecule has 1 fully saturated rings. The Hall–Kier alpha value is -1.47. The highest BCUT2D eigenvalue weighted by atomic mass is 32.1. The fourth-order valence-electron chi connectivity index (χ4n) is 3.07. The minimum absolute atomic E-state index is 0.671. The van der Waals surface area contributed by atoms with Crippen LogP contribution in [0, 0.1) is 0 Å². The molecule has 0 atom stereocenters. The molecule has 1 aromatic carbocycles. The van der Waals surface area contributed by atoms with E-state index in [2.05, 4.69) is 57.1 Å². The van der Waals surface area contributed by atoms with Crippen molar-refractivity contribution in [2.24, 2.45) is 0 Å². The maximum Gasteiger partial charge on any atom is 0.180 e. The number of nitrogens with zero attached hydrogens (tertiary/aromatic N) is 4. The molecule has 5 nitrogen and oxygen atoms in total. The molecular weight excluding hydrogens is 318 g/mol. The molecule has 0 unspecified atom stereocenters.